The number of hydrogen-bond acceptors (Lipinski definition) is 4. The molecule has 1 spiro atoms. The quantitative estimate of drug-likeness (QED) is 0.719. The molecule has 1 unspecified atom stereocenters. The molecule has 0 saturated carbocycles. The second-order valence-electron chi connectivity index (χ2n) is 7.91. The largest absolute Gasteiger partial charge is 0.365 e. The van der Waals surface area contributed by atoms with E-state index in [0.29, 0.717) is 19.7 Å². The fourth-order valence-electron chi connectivity index (χ4n) is 4.45. The molecule has 156 valence electrons. The van der Waals surface area contributed by atoms with Crippen molar-refractivity contribution in [3.8, 4) is 0 Å². The molecule has 5 heteroatoms. The summed E-state index contributed by atoms with van der Waals surface area (Å²) in [6.45, 7) is 6.65. The smallest absolute Gasteiger partial charge is 0.236 e. The van der Waals surface area contributed by atoms with Gasteiger partial charge in [-0.15, -0.1) is 0 Å². The van der Waals surface area contributed by atoms with Crippen molar-refractivity contribution < 1.29 is 9.53 Å². The van der Waals surface area contributed by atoms with E-state index in [9.17, 15) is 4.79 Å². The van der Waals surface area contributed by atoms with Gasteiger partial charge in [-0.3, -0.25) is 15.1 Å². The highest BCUT2D eigenvalue weighted by atomic mass is 16.5. The van der Waals surface area contributed by atoms with Crippen LogP contribution in [0.4, 0.5) is 0 Å². The van der Waals surface area contributed by atoms with Crippen molar-refractivity contribution in [2.75, 3.05) is 26.2 Å². The number of carbonyl (C=O) groups excluding carboxylic acids is 1. The molecule has 4 rings (SSSR count). The Bertz CT molecular complexity index is 902. The van der Waals surface area contributed by atoms with E-state index in [4.69, 9.17) is 4.74 Å². The lowest BCUT2D eigenvalue weighted by Gasteiger charge is -2.39. The van der Waals surface area contributed by atoms with Crippen molar-refractivity contribution in [3.63, 3.8) is 0 Å². The number of amides is 1. The van der Waals surface area contributed by atoms with E-state index in [1.807, 2.05) is 23.1 Å². The lowest BCUT2D eigenvalue weighted by atomic mass is 9.84. The van der Waals surface area contributed by atoms with E-state index in [2.05, 4.69) is 53.3 Å². The van der Waals surface area contributed by atoms with E-state index in [0.717, 1.165) is 31.5 Å². The normalized spacial score (nSPS) is 18.5. The second kappa shape index (κ2) is 9.37. The van der Waals surface area contributed by atoms with Gasteiger partial charge in [0, 0.05) is 19.3 Å². The predicted octanol–water partition coefficient (Wildman–Crippen LogP) is 3.62. The Labute approximate surface area is 178 Å². The monoisotopic (exact) mass is 403 g/mol. The third-order valence-corrected chi connectivity index (χ3v) is 6.14. The number of piperidine rings is 1. The number of aliphatic imine (C=N–C) groups is 1. The zero-order valence-electron chi connectivity index (χ0n) is 17.3. The first-order chi connectivity index (χ1) is 14.7. The summed E-state index contributed by atoms with van der Waals surface area (Å²) < 4.78 is 6.21. The van der Waals surface area contributed by atoms with Crippen LogP contribution in [-0.2, 0) is 21.7 Å². The van der Waals surface area contributed by atoms with Crippen LogP contribution in [0.5, 0.6) is 0 Å². The van der Waals surface area contributed by atoms with Gasteiger partial charge in [0.1, 0.15) is 0 Å². The zero-order valence-corrected chi connectivity index (χ0v) is 17.3. The van der Waals surface area contributed by atoms with Crippen LogP contribution in [-0.4, -0.2) is 43.2 Å². The van der Waals surface area contributed by atoms with Crippen LogP contribution in [0.1, 0.15) is 35.6 Å². The molecule has 2 heterocycles. The van der Waals surface area contributed by atoms with Gasteiger partial charge in [-0.25, -0.2) is 0 Å². The van der Waals surface area contributed by atoms with Gasteiger partial charge in [0.05, 0.1) is 31.3 Å². The maximum atomic E-state index is 12.9. The minimum atomic E-state index is -0.215. The van der Waals surface area contributed by atoms with E-state index in [1.165, 1.54) is 11.1 Å². The number of hydrogen-bond donors (Lipinski definition) is 1. The Morgan fingerprint density at radius 2 is 1.90 bits per heavy atom. The summed E-state index contributed by atoms with van der Waals surface area (Å²) in [5, 5.41) is 3.40. The second-order valence-corrected chi connectivity index (χ2v) is 7.91. The first-order valence-corrected chi connectivity index (χ1v) is 10.6. The van der Waals surface area contributed by atoms with E-state index in [1.54, 1.807) is 12.3 Å². The minimum Gasteiger partial charge on any atom is -0.365 e. The molecule has 30 heavy (non-hydrogen) atoms. The van der Waals surface area contributed by atoms with Crippen LogP contribution in [0.15, 0.2) is 72.2 Å². The number of ether oxygens (including phenoxy) is 1. The Morgan fingerprint density at radius 1 is 1.17 bits per heavy atom. The first kappa shape index (κ1) is 20.5. The maximum Gasteiger partial charge on any atom is 0.236 e. The number of likely N-dealkylation sites (tertiary alicyclic amines) is 1. The lowest BCUT2D eigenvalue weighted by molar-refractivity contribution is -0.137. The summed E-state index contributed by atoms with van der Waals surface area (Å²) in [5.41, 5.74) is 3.50. The minimum absolute atomic E-state index is 0.00692. The van der Waals surface area contributed by atoms with Crippen molar-refractivity contribution in [1.82, 2.24) is 10.2 Å². The molecule has 0 bridgehead atoms. The average molecular weight is 404 g/mol. The Kier molecular flexibility index (Phi) is 6.41. The topological polar surface area (TPSA) is 53.9 Å². The van der Waals surface area contributed by atoms with E-state index < -0.39 is 0 Å². The van der Waals surface area contributed by atoms with Gasteiger partial charge in [-0.1, -0.05) is 67.3 Å². The molecule has 1 N–H and O–H groups in total. The first-order valence-electron chi connectivity index (χ1n) is 10.6. The van der Waals surface area contributed by atoms with Gasteiger partial charge in [0.25, 0.3) is 0 Å². The Morgan fingerprint density at radius 3 is 2.67 bits per heavy atom. The number of rotatable bonds is 7. The standard InChI is InChI=1S/C25H29N3O2/c1-2-14-26-17-23(20-8-4-3-5-9-20)27-18-24(29)28-15-12-25(13-16-28)22-11-7-6-10-21(22)19-30-25/h2-11,14,23,27H,1,12-13,15-19H2. The molecule has 1 saturated heterocycles. The highest BCUT2D eigenvalue weighted by Crippen LogP contribution is 2.43. The van der Waals surface area contributed by atoms with Crippen molar-refractivity contribution in [2.45, 2.75) is 31.1 Å². The number of nitrogens with one attached hydrogen (secondary N) is 1. The van der Waals surface area contributed by atoms with Crippen LogP contribution in [0.2, 0.25) is 0 Å². The van der Waals surface area contributed by atoms with E-state index >= 15 is 0 Å². The highest BCUT2D eigenvalue weighted by Gasteiger charge is 2.43. The molecule has 2 aliphatic heterocycles. The summed E-state index contributed by atoms with van der Waals surface area (Å²) in [5.74, 6) is 0.129. The summed E-state index contributed by atoms with van der Waals surface area (Å²) in [7, 11) is 0. The molecule has 1 fully saturated rings. The van der Waals surface area contributed by atoms with Crippen molar-refractivity contribution >= 4 is 12.1 Å². The van der Waals surface area contributed by atoms with Gasteiger partial charge in [0.15, 0.2) is 0 Å². The summed E-state index contributed by atoms with van der Waals surface area (Å²) in [4.78, 5) is 19.2. The summed E-state index contributed by atoms with van der Waals surface area (Å²) in [6, 6.07) is 18.6. The van der Waals surface area contributed by atoms with Crippen LogP contribution in [0.3, 0.4) is 0 Å². The zero-order chi connectivity index (χ0) is 20.8. The van der Waals surface area contributed by atoms with Gasteiger partial charge < -0.3 is 9.64 Å². The van der Waals surface area contributed by atoms with Crippen molar-refractivity contribution in [1.29, 1.82) is 0 Å². The molecule has 2 aromatic carbocycles. The van der Waals surface area contributed by atoms with Crippen LogP contribution in [0.25, 0.3) is 0 Å². The number of benzene rings is 2. The Balaban J connectivity index is 1.34. The highest BCUT2D eigenvalue weighted by molar-refractivity contribution is 5.78. The predicted molar refractivity (Wildman–Crippen MR) is 119 cm³/mol. The van der Waals surface area contributed by atoms with E-state index in [-0.39, 0.29) is 17.6 Å². The molecule has 0 radical (unpaired) electrons. The Hall–Kier alpha value is -2.76. The van der Waals surface area contributed by atoms with Crippen molar-refractivity contribution in [3.05, 3.63) is 83.9 Å². The molecule has 2 aromatic rings. The molecule has 5 nitrogen and oxygen atoms in total. The van der Waals surface area contributed by atoms with Crippen LogP contribution in [0, 0.1) is 0 Å². The van der Waals surface area contributed by atoms with Gasteiger partial charge in [-0.2, -0.15) is 0 Å². The average Bonchev–Trinajstić information content (AvgIpc) is 3.15. The number of nitrogens with zero attached hydrogens (tertiary/aromatic N) is 2. The number of allylic oxidation sites excluding steroid dienone is 1. The SMILES string of the molecule is C=CC=NCC(NCC(=O)N1CCC2(CC1)OCc1ccccc12)c1ccccc1. The molecular formula is C25H29N3O2. The number of carbonyl (C=O) groups is 1. The molecule has 2 aliphatic rings. The fraction of sp³-hybridized carbons (Fsp3) is 0.360. The molecule has 1 atom stereocenters. The van der Waals surface area contributed by atoms with Crippen LogP contribution < -0.4 is 5.32 Å². The van der Waals surface area contributed by atoms with Gasteiger partial charge in [-0.05, 0) is 29.5 Å². The summed E-state index contributed by atoms with van der Waals surface area (Å²) in [6.07, 6.45) is 5.06. The molecule has 0 aliphatic carbocycles. The fourth-order valence-corrected chi connectivity index (χ4v) is 4.45. The maximum absolute atomic E-state index is 12.9. The summed E-state index contributed by atoms with van der Waals surface area (Å²) >= 11 is 0. The number of fused-ring (bicyclic) bond motifs is 2. The molecule has 0 aromatic heterocycles. The van der Waals surface area contributed by atoms with Crippen molar-refractivity contribution in [2.24, 2.45) is 4.99 Å². The van der Waals surface area contributed by atoms with Gasteiger partial charge >= 0.3 is 0 Å². The molecular weight excluding hydrogens is 374 g/mol. The third kappa shape index (κ3) is 4.37. The van der Waals surface area contributed by atoms with Gasteiger partial charge in [0.2, 0.25) is 5.91 Å². The molecule has 1 amide bonds. The lowest BCUT2D eigenvalue weighted by Crippen LogP contribution is -2.48. The van der Waals surface area contributed by atoms with Crippen LogP contribution >= 0.6 is 0 Å². The third-order valence-electron chi connectivity index (χ3n) is 6.14.